The van der Waals surface area contributed by atoms with Gasteiger partial charge in [-0.3, -0.25) is 47.8 Å². The molecule has 338 valence electrons. The van der Waals surface area contributed by atoms with Crippen LogP contribution in [0.15, 0.2) is 74.6 Å². The SMILES string of the molecule is Cc1cc(-c2ccc(NC(=O)CN(CCN(CCN(CC(=O)O)CC(=O)O)CC(=O)O)CC(=O)O)c(C)c2)ccc1N=Nc1ccc2c(S(=O)(=O)O)cc(S(=O)(=O)O)c(N)c2c1O. The second kappa shape index (κ2) is 20.5. The average Bonchev–Trinajstić information content (AvgIpc) is 3.14. The fourth-order valence-electron chi connectivity index (χ4n) is 6.42. The van der Waals surface area contributed by atoms with Gasteiger partial charge in [-0.05, 0) is 72.5 Å². The van der Waals surface area contributed by atoms with E-state index in [1.165, 1.54) is 9.80 Å². The number of amides is 1. The van der Waals surface area contributed by atoms with E-state index in [9.17, 15) is 65.2 Å². The Balaban J connectivity index is 1.47. The summed E-state index contributed by atoms with van der Waals surface area (Å²) in [6.07, 6.45) is 0. The number of benzene rings is 4. The molecule has 4 aromatic carbocycles. The van der Waals surface area contributed by atoms with Gasteiger partial charge in [0, 0.05) is 37.3 Å². The van der Waals surface area contributed by atoms with Crippen molar-refractivity contribution in [2.75, 3.05) is 70.0 Å². The Bertz CT molecular complexity index is 2690. The minimum absolute atomic E-state index is 0.0456. The van der Waals surface area contributed by atoms with Crippen LogP contribution in [-0.2, 0) is 44.2 Å². The smallest absolute Gasteiger partial charge is 0.317 e. The van der Waals surface area contributed by atoms with E-state index in [1.54, 1.807) is 50.2 Å². The van der Waals surface area contributed by atoms with Crippen molar-refractivity contribution in [2.24, 2.45) is 10.2 Å². The van der Waals surface area contributed by atoms with Crippen molar-refractivity contribution in [3.8, 4) is 16.9 Å². The number of nitrogen functional groups attached to an aromatic ring is 1. The molecule has 0 aromatic heterocycles. The predicted molar refractivity (Wildman–Crippen MR) is 224 cm³/mol. The Kier molecular flexibility index (Phi) is 16.0. The number of aliphatic carboxylic acids is 4. The number of nitrogens with one attached hydrogen (secondary N) is 1. The van der Waals surface area contributed by atoms with Crippen LogP contribution >= 0.6 is 0 Å². The Morgan fingerprint density at radius 2 is 1.05 bits per heavy atom. The van der Waals surface area contributed by atoms with E-state index < -0.39 is 109 Å². The van der Waals surface area contributed by atoms with E-state index in [0.717, 1.165) is 28.2 Å². The van der Waals surface area contributed by atoms with Crippen molar-refractivity contribution in [3.63, 3.8) is 0 Å². The molecule has 63 heavy (non-hydrogen) atoms. The molecule has 0 aliphatic carbocycles. The van der Waals surface area contributed by atoms with Crippen LogP contribution < -0.4 is 11.1 Å². The van der Waals surface area contributed by atoms with E-state index >= 15 is 0 Å². The number of azo groups is 1. The third-order valence-corrected chi connectivity index (χ3v) is 11.1. The summed E-state index contributed by atoms with van der Waals surface area (Å²) in [5.74, 6) is -6.40. The standard InChI is InChI=1S/C38H43N7O16S2/c1-21-13-23(3-6-26(21)40-31(46)16-44(18-33(49)50)11-9-43(17-32(47)48)10-12-45(19-34(51)52)20-35(53)54)24-4-7-27(22(2)14-24)41-42-28-8-5-25-29(62(56,57)58)15-30(63(59,60)61)37(39)36(25)38(28)55/h3-8,13-15,55H,9-12,16-20,39H2,1-2H3,(H,40,46)(H,47,48)(H,49,50)(H,51,52)(H,53,54)(H,56,57,58)(H,59,60,61). The lowest BCUT2D eigenvalue weighted by molar-refractivity contribution is -0.143. The number of rotatable bonds is 22. The number of hydrogen-bond acceptors (Lipinski definition) is 16. The van der Waals surface area contributed by atoms with Crippen LogP contribution in [0.5, 0.6) is 5.75 Å². The zero-order valence-corrected chi connectivity index (χ0v) is 35.1. The fourth-order valence-corrected chi connectivity index (χ4v) is 7.86. The molecular formula is C38H43N7O16S2. The first-order chi connectivity index (χ1) is 29.3. The molecule has 0 atom stereocenters. The highest BCUT2D eigenvalue weighted by molar-refractivity contribution is 7.87. The Morgan fingerprint density at radius 1 is 0.603 bits per heavy atom. The van der Waals surface area contributed by atoms with Crippen molar-refractivity contribution in [1.29, 1.82) is 0 Å². The first-order valence-electron chi connectivity index (χ1n) is 18.3. The van der Waals surface area contributed by atoms with E-state index in [1.807, 2.05) is 0 Å². The van der Waals surface area contributed by atoms with Gasteiger partial charge in [0.25, 0.3) is 20.2 Å². The molecule has 23 nitrogen and oxygen atoms in total. The van der Waals surface area contributed by atoms with Crippen molar-refractivity contribution in [2.45, 2.75) is 23.6 Å². The summed E-state index contributed by atoms with van der Waals surface area (Å²) < 4.78 is 67.2. The Hall–Kier alpha value is -6.61. The van der Waals surface area contributed by atoms with E-state index in [2.05, 4.69) is 15.5 Å². The molecule has 0 saturated heterocycles. The van der Waals surface area contributed by atoms with Gasteiger partial charge in [0.05, 0.1) is 49.5 Å². The van der Waals surface area contributed by atoms with E-state index in [0.29, 0.717) is 28.6 Å². The molecule has 1 amide bonds. The highest BCUT2D eigenvalue weighted by Gasteiger charge is 2.27. The first-order valence-corrected chi connectivity index (χ1v) is 21.2. The Labute approximate surface area is 359 Å². The molecule has 0 fully saturated rings. The first kappa shape index (κ1) is 49.0. The zero-order chi connectivity index (χ0) is 47.0. The number of nitrogens with two attached hydrogens (primary N) is 1. The zero-order valence-electron chi connectivity index (χ0n) is 33.5. The van der Waals surface area contributed by atoms with E-state index in [-0.39, 0.29) is 37.3 Å². The average molecular weight is 918 g/mol. The van der Waals surface area contributed by atoms with Gasteiger partial charge in [-0.25, -0.2) is 0 Å². The summed E-state index contributed by atoms with van der Waals surface area (Å²) in [5, 5.41) is 58.1. The summed E-state index contributed by atoms with van der Waals surface area (Å²) in [5.41, 5.74) is 8.35. The maximum absolute atomic E-state index is 13.1. The van der Waals surface area contributed by atoms with Gasteiger partial charge >= 0.3 is 23.9 Å². The van der Waals surface area contributed by atoms with Crippen molar-refractivity contribution < 1.29 is 75.4 Å². The molecule has 4 aromatic rings. The lowest BCUT2D eigenvalue weighted by Gasteiger charge is -2.27. The van der Waals surface area contributed by atoms with Gasteiger partial charge in [-0.1, -0.05) is 18.2 Å². The van der Waals surface area contributed by atoms with Gasteiger partial charge in [0.2, 0.25) is 5.91 Å². The molecule has 0 unspecified atom stereocenters. The molecule has 10 N–H and O–H groups in total. The minimum Gasteiger partial charge on any atom is -0.505 e. The highest BCUT2D eigenvalue weighted by Crippen LogP contribution is 2.44. The number of carboxylic acids is 4. The topological polar surface area (TPSA) is 368 Å². The van der Waals surface area contributed by atoms with Gasteiger partial charge in [-0.2, -0.15) is 21.9 Å². The quantitative estimate of drug-likeness (QED) is 0.0310. The normalized spacial score (nSPS) is 12.1. The van der Waals surface area contributed by atoms with Crippen LogP contribution in [0.25, 0.3) is 21.9 Å². The van der Waals surface area contributed by atoms with Crippen molar-refractivity contribution in [3.05, 3.63) is 65.7 Å². The number of anilines is 2. The van der Waals surface area contributed by atoms with Crippen LogP contribution in [0.1, 0.15) is 11.1 Å². The molecule has 25 heteroatoms. The summed E-state index contributed by atoms with van der Waals surface area (Å²) >= 11 is 0. The molecule has 0 aliphatic heterocycles. The predicted octanol–water partition coefficient (Wildman–Crippen LogP) is 2.50. The summed E-state index contributed by atoms with van der Waals surface area (Å²) in [4.78, 5) is 60.3. The number of carbonyl (C=O) groups is 5. The molecule has 0 saturated carbocycles. The number of carbonyl (C=O) groups excluding carboxylic acids is 1. The van der Waals surface area contributed by atoms with E-state index in [4.69, 9.17) is 15.9 Å². The van der Waals surface area contributed by atoms with Crippen LogP contribution in [-0.4, -0.2) is 155 Å². The molecule has 0 aliphatic rings. The third kappa shape index (κ3) is 13.7. The van der Waals surface area contributed by atoms with Gasteiger partial charge in [0.1, 0.15) is 15.5 Å². The Morgan fingerprint density at radius 3 is 1.54 bits per heavy atom. The number of hydrogen-bond donors (Lipinski definition) is 9. The molecule has 4 rings (SSSR count). The van der Waals surface area contributed by atoms with Gasteiger partial charge < -0.3 is 36.6 Å². The lowest BCUT2D eigenvalue weighted by atomic mass is 10.00. The molecule has 0 radical (unpaired) electrons. The van der Waals surface area contributed by atoms with Gasteiger partial charge in [0.15, 0.2) is 5.75 Å². The third-order valence-electron chi connectivity index (χ3n) is 9.34. The number of aromatic hydroxyl groups is 1. The number of aryl methyl sites for hydroxylation is 2. The van der Waals surface area contributed by atoms with Gasteiger partial charge in [-0.15, -0.1) is 5.11 Å². The largest absolute Gasteiger partial charge is 0.505 e. The number of nitrogens with zero attached hydrogens (tertiary/aromatic N) is 5. The maximum Gasteiger partial charge on any atom is 0.317 e. The van der Waals surface area contributed by atoms with Crippen LogP contribution in [0, 0.1) is 13.8 Å². The summed E-state index contributed by atoms with van der Waals surface area (Å²) in [7, 11) is -10.2. The fraction of sp³-hybridized carbons (Fsp3) is 0.289. The molecule has 0 heterocycles. The van der Waals surface area contributed by atoms with Crippen LogP contribution in [0.3, 0.4) is 0 Å². The van der Waals surface area contributed by atoms with Crippen LogP contribution in [0.2, 0.25) is 0 Å². The number of carboxylic acid groups (broad SMARTS) is 4. The second-order valence-electron chi connectivity index (χ2n) is 14.1. The molecule has 0 bridgehead atoms. The minimum atomic E-state index is -5.10. The summed E-state index contributed by atoms with van der Waals surface area (Å²) in [6, 6.07) is 12.9. The number of phenolic OH excluding ortho intramolecular Hbond substituents is 1. The number of fused-ring (bicyclic) bond motifs is 1. The maximum atomic E-state index is 13.1. The molecular weight excluding hydrogens is 875 g/mol. The van der Waals surface area contributed by atoms with Crippen LogP contribution in [0.4, 0.5) is 22.7 Å². The second-order valence-corrected chi connectivity index (χ2v) is 16.9. The number of phenols is 1. The highest BCUT2D eigenvalue weighted by atomic mass is 32.2. The molecule has 0 spiro atoms. The summed E-state index contributed by atoms with van der Waals surface area (Å²) in [6.45, 7) is 0.480. The monoisotopic (exact) mass is 917 g/mol. The lowest BCUT2D eigenvalue weighted by Crippen LogP contribution is -2.46. The van der Waals surface area contributed by atoms with Crippen molar-refractivity contribution in [1.82, 2.24) is 14.7 Å². The van der Waals surface area contributed by atoms with Crippen molar-refractivity contribution >= 4 is 83.5 Å².